The molecule has 11 heteroatoms. The molecule has 1 unspecified atom stereocenters. The van der Waals surface area contributed by atoms with Crippen LogP contribution in [0.2, 0.25) is 0 Å². The van der Waals surface area contributed by atoms with Crippen molar-refractivity contribution in [2.45, 2.75) is 44.6 Å². The van der Waals surface area contributed by atoms with Gasteiger partial charge in [-0.15, -0.1) is 0 Å². The average molecular weight is 448 g/mol. The summed E-state index contributed by atoms with van der Waals surface area (Å²) in [5.74, 6) is 0.156. The minimum absolute atomic E-state index is 0.0349. The van der Waals surface area contributed by atoms with Crippen molar-refractivity contribution in [2.24, 2.45) is 5.92 Å². The topological polar surface area (TPSA) is 97.0 Å². The molecule has 3 N–H and O–H groups in total. The van der Waals surface area contributed by atoms with Gasteiger partial charge in [0, 0.05) is 29.6 Å². The Morgan fingerprint density at radius 3 is 2.84 bits per heavy atom. The summed E-state index contributed by atoms with van der Waals surface area (Å²) < 4.78 is 46.6. The number of anilines is 1. The quantitative estimate of drug-likeness (QED) is 0.514. The molecule has 2 aliphatic rings. The van der Waals surface area contributed by atoms with Gasteiger partial charge in [-0.05, 0) is 44.0 Å². The molecule has 5 rings (SSSR count). The van der Waals surface area contributed by atoms with E-state index in [4.69, 9.17) is 4.52 Å². The molecule has 1 saturated heterocycles. The Kier molecular flexibility index (Phi) is 5.28. The number of nitrogens with one attached hydrogen (secondary N) is 3. The second-order valence-corrected chi connectivity index (χ2v) is 8.31. The normalized spacial score (nSPS) is 18.9. The van der Waals surface area contributed by atoms with Crippen molar-refractivity contribution >= 4 is 22.5 Å². The van der Waals surface area contributed by atoms with Gasteiger partial charge < -0.3 is 25.0 Å². The maximum Gasteiger partial charge on any atom is 0.406 e. The Morgan fingerprint density at radius 1 is 1.28 bits per heavy atom. The summed E-state index contributed by atoms with van der Waals surface area (Å²) in [6, 6.07) is 7.11. The summed E-state index contributed by atoms with van der Waals surface area (Å²) in [5.41, 5.74) is 1.40. The monoisotopic (exact) mass is 448 g/mol. The van der Waals surface area contributed by atoms with Crippen LogP contribution in [0.3, 0.4) is 0 Å². The van der Waals surface area contributed by atoms with E-state index in [1.807, 2.05) is 6.07 Å². The molecule has 1 aliphatic heterocycles. The first kappa shape index (κ1) is 20.8. The van der Waals surface area contributed by atoms with E-state index < -0.39 is 12.7 Å². The Morgan fingerprint density at radius 2 is 2.12 bits per heavy atom. The Labute approximate surface area is 181 Å². The zero-order chi connectivity index (χ0) is 22.3. The highest BCUT2D eigenvalue weighted by Gasteiger charge is 2.32. The van der Waals surface area contributed by atoms with Crippen molar-refractivity contribution in [2.75, 3.05) is 18.4 Å². The highest BCUT2D eigenvalue weighted by Crippen LogP contribution is 2.34. The number of rotatable bonds is 7. The first-order valence-electron chi connectivity index (χ1n) is 10.6. The first-order chi connectivity index (χ1) is 15.4. The van der Waals surface area contributed by atoms with E-state index >= 15 is 0 Å². The zero-order valence-corrected chi connectivity index (χ0v) is 17.2. The molecule has 32 heavy (non-hydrogen) atoms. The van der Waals surface area contributed by atoms with Gasteiger partial charge in [0.2, 0.25) is 17.6 Å². The molecule has 1 aromatic carbocycles. The lowest BCUT2D eigenvalue weighted by molar-refractivity contribution is -0.139. The lowest BCUT2D eigenvalue weighted by atomic mass is 10.1. The van der Waals surface area contributed by atoms with Crippen molar-refractivity contribution in [1.82, 2.24) is 25.3 Å². The number of carbonyl (C=O) groups is 1. The van der Waals surface area contributed by atoms with Crippen molar-refractivity contribution in [1.29, 1.82) is 0 Å². The summed E-state index contributed by atoms with van der Waals surface area (Å²) in [4.78, 5) is 16.1. The molecular formula is C21H23F3N6O2. The van der Waals surface area contributed by atoms with Crippen LogP contribution < -0.4 is 16.0 Å². The summed E-state index contributed by atoms with van der Waals surface area (Å²) in [7, 11) is 0. The Bertz CT molecular complexity index is 1130. The molecule has 1 saturated carbocycles. The standard InChI is InChI=1S/C21H23F3N6O2/c22-21(23,24)11-30-16-3-1-2-15(27-13-6-7-25-9-13)14(16)8-17(30)19-28-18(32-29-19)10-26-20(31)12-4-5-12/h1-3,8,12-13,25,27H,4-7,9-11H2,(H,26,31). The summed E-state index contributed by atoms with van der Waals surface area (Å²) in [6.45, 7) is 0.566. The van der Waals surface area contributed by atoms with E-state index in [0.717, 1.165) is 42.6 Å². The van der Waals surface area contributed by atoms with Gasteiger partial charge in [-0.2, -0.15) is 18.2 Å². The molecule has 0 radical (unpaired) electrons. The van der Waals surface area contributed by atoms with Crippen LogP contribution in [0.15, 0.2) is 28.8 Å². The number of amides is 1. The van der Waals surface area contributed by atoms with Crippen LogP contribution in [0.25, 0.3) is 22.4 Å². The third-order valence-electron chi connectivity index (χ3n) is 5.76. The fourth-order valence-corrected chi connectivity index (χ4v) is 4.03. The van der Waals surface area contributed by atoms with Crippen LogP contribution in [-0.4, -0.2) is 45.9 Å². The van der Waals surface area contributed by atoms with Gasteiger partial charge in [0.15, 0.2) is 0 Å². The van der Waals surface area contributed by atoms with Crippen LogP contribution in [0.4, 0.5) is 18.9 Å². The molecule has 0 spiro atoms. The number of nitrogens with zero attached hydrogens (tertiary/aromatic N) is 3. The molecule has 2 fully saturated rings. The number of halogens is 3. The first-order valence-corrected chi connectivity index (χ1v) is 10.6. The van der Waals surface area contributed by atoms with Crippen molar-refractivity contribution in [3.63, 3.8) is 0 Å². The van der Waals surface area contributed by atoms with E-state index in [2.05, 4.69) is 26.1 Å². The zero-order valence-electron chi connectivity index (χ0n) is 17.2. The molecule has 2 aromatic heterocycles. The second-order valence-electron chi connectivity index (χ2n) is 8.31. The fraction of sp³-hybridized carbons (Fsp3) is 0.476. The lowest BCUT2D eigenvalue weighted by Gasteiger charge is -2.15. The van der Waals surface area contributed by atoms with Gasteiger partial charge in [-0.3, -0.25) is 4.79 Å². The highest BCUT2D eigenvalue weighted by molar-refractivity contribution is 5.96. The summed E-state index contributed by atoms with van der Waals surface area (Å²) in [6.07, 6.45) is -1.75. The number of benzene rings is 1. The SMILES string of the molecule is O=C(NCc1nc(-c2cc3c(NC4CCNC4)cccc3n2CC(F)(F)F)no1)C1CC1. The molecule has 3 heterocycles. The predicted molar refractivity (Wildman–Crippen MR) is 111 cm³/mol. The predicted octanol–water partition coefficient (Wildman–Crippen LogP) is 3.05. The molecule has 1 aliphatic carbocycles. The van der Waals surface area contributed by atoms with Gasteiger partial charge in [0.25, 0.3) is 0 Å². The van der Waals surface area contributed by atoms with Gasteiger partial charge in [0.1, 0.15) is 6.54 Å². The average Bonchev–Trinajstić information content (AvgIpc) is 3.12. The maximum atomic E-state index is 13.4. The van der Waals surface area contributed by atoms with Gasteiger partial charge in [-0.25, -0.2) is 0 Å². The number of aromatic nitrogens is 3. The van der Waals surface area contributed by atoms with E-state index in [9.17, 15) is 18.0 Å². The minimum atomic E-state index is -4.43. The van der Waals surface area contributed by atoms with Crippen LogP contribution in [0.5, 0.6) is 0 Å². The third-order valence-corrected chi connectivity index (χ3v) is 5.76. The van der Waals surface area contributed by atoms with Crippen LogP contribution in [0.1, 0.15) is 25.2 Å². The van der Waals surface area contributed by atoms with Crippen LogP contribution >= 0.6 is 0 Å². The molecule has 1 atom stereocenters. The molecular weight excluding hydrogens is 425 g/mol. The number of hydrogen-bond donors (Lipinski definition) is 3. The van der Waals surface area contributed by atoms with Crippen molar-refractivity contribution in [3.8, 4) is 11.5 Å². The second kappa shape index (κ2) is 8.12. The van der Waals surface area contributed by atoms with Gasteiger partial charge >= 0.3 is 6.18 Å². The van der Waals surface area contributed by atoms with Crippen molar-refractivity contribution < 1.29 is 22.5 Å². The number of carbonyl (C=O) groups excluding carboxylic acids is 1. The minimum Gasteiger partial charge on any atom is -0.380 e. The lowest BCUT2D eigenvalue weighted by Crippen LogP contribution is -2.24. The number of alkyl halides is 3. The number of hydrogen-bond acceptors (Lipinski definition) is 6. The largest absolute Gasteiger partial charge is 0.406 e. The van der Waals surface area contributed by atoms with E-state index in [0.29, 0.717) is 10.9 Å². The van der Waals surface area contributed by atoms with E-state index in [-0.39, 0.29) is 41.8 Å². The fourth-order valence-electron chi connectivity index (χ4n) is 4.03. The molecule has 170 valence electrons. The molecule has 3 aromatic rings. The van der Waals surface area contributed by atoms with Crippen LogP contribution in [-0.2, 0) is 17.9 Å². The van der Waals surface area contributed by atoms with Crippen LogP contribution in [0, 0.1) is 5.92 Å². The molecule has 8 nitrogen and oxygen atoms in total. The van der Waals surface area contributed by atoms with Gasteiger partial charge in [-0.1, -0.05) is 11.2 Å². The Balaban J connectivity index is 1.48. The molecule has 1 amide bonds. The van der Waals surface area contributed by atoms with E-state index in [1.165, 1.54) is 0 Å². The van der Waals surface area contributed by atoms with E-state index in [1.54, 1.807) is 18.2 Å². The Hall–Kier alpha value is -3.08. The summed E-state index contributed by atoms with van der Waals surface area (Å²) in [5, 5.41) is 14.0. The highest BCUT2D eigenvalue weighted by atomic mass is 19.4. The molecule has 0 bridgehead atoms. The number of fused-ring (bicyclic) bond motifs is 1. The third kappa shape index (κ3) is 4.43. The van der Waals surface area contributed by atoms with Crippen molar-refractivity contribution in [3.05, 3.63) is 30.2 Å². The van der Waals surface area contributed by atoms with Gasteiger partial charge in [0.05, 0.1) is 17.8 Å². The summed E-state index contributed by atoms with van der Waals surface area (Å²) >= 11 is 0. The smallest absolute Gasteiger partial charge is 0.380 e. The maximum absolute atomic E-state index is 13.4.